The molecule has 0 heterocycles. The first-order valence-corrected chi connectivity index (χ1v) is 5.50. The fourth-order valence-corrected chi connectivity index (χ4v) is 1.59. The van der Waals surface area contributed by atoms with Gasteiger partial charge in [0.2, 0.25) is 6.08 Å². The fourth-order valence-electron chi connectivity index (χ4n) is 1.46. The number of carbonyl (C=O) groups is 1. The molecule has 0 aliphatic heterocycles. The number of isocyanates is 1. The zero-order chi connectivity index (χ0) is 11.8. The van der Waals surface area contributed by atoms with Gasteiger partial charge in [0.25, 0.3) is 0 Å². The number of nitrogens with zero attached hydrogens (tertiary/aromatic N) is 1. The summed E-state index contributed by atoms with van der Waals surface area (Å²) in [7, 11) is 0. The molecule has 1 unspecified atom stereocenters. The molecule has 0 fully saturated rings. The van der Waals surface area contributed by atoms with Crippen LogP contribution in [0.5, 0.6) is 0 Å². The Morgan fingerprint density at radius 1 is 1.38 bits per heavy atom. The molecule has 1 rings (SSSR count). The summed E-state index contributed by atoms with van der Waals surface area (Å²) >= 11 is 3.69. The van der Waals surface area contributed by atoms with E-state index in [0.717, 1.165) is 5.56 Å². The summed E-state index contributed by atoms with van der Waals surface area (Å²) in [5, 5.41) is -0.181. The largest absolute Gasteiger partial charge is 0.288 e. The van der Waals surface area contributed by atoms with E-state index < -0.39 is 0 Å². The van der Waals surface area contributed by atoms with E-state index in [2.05, 4.69) is 17.6 Å². The van der Waals surface area contributed by atoms with Gasteiger partial charge >= 0.3 is 0 Å². The van der Waals surface area contributed by atoms with Crippen molar-refractivity contribution >= 4 is 23.8 Å². The van der Waals surface area contributed by atoms with Crippen molar-refractivity contribution in [3.05, 3.63) is 35.9 Å². The SMILES string of the molecule is O=C=NC(CCC(=O)S)Cc1ccccc1. The topological polar surface area (TPSA) is 46.5 Å². The Hall–Kier alpha value is -1.38. The normalized spacial score (nSPS) is 11.6. The summed E-state index contributed by atoms with van der Waals surface area (Å²) in [4.78, 5) is 24.7. The smallest absolute Gasteiger partial charge is 0.235 e. The Kier molecular flexibility index (Phi) is 5.54. The van der Waals surface area contributed by atoms with Gasteiger partial charge in [-0.25, -0.2) is 9.79 Å². The van der Waals surface area contributed by atoms with E-state index in [1.807, 2.05) is 30.3 Å². The standard InChI is InChI=1S/C12H13NO2S/c14-9-13-11(6-7-12(15)16)8-10-4-2-1-3-5-10/h1-5,11H,6-8H2,(H,15,16). The number of benzene rings is 1. The third-order valence-corrected chi connectivity index (χ3v) is 2.46. The van der Waals surface area contributed by atoms with Gasteiger partial charge in [-0.05, 0) is 18.4 Å². The van der Waals surface area contributed by atoms with Gasteiger partial charge in [-0.3, -0.25) is 4.79 Å². The average molecular weight is 235 g/mol. The Balaban J connectivity index is 2.57. The van der Waals surface area contributed by atoms with E-state index in [0.29, 0.717) is 19.3 Å². The third-order valence-electron chi connectivity index (χ3n) is 2.24. The minimum Gasteiger partial charge on any atom is -0.288 e. The van der Waals surface area contributed by atoms with Gasteiger partial charge in [0.1, 0.15) is 0 Å². The highest BCUT2D eigenvalue weighted by molar-refractivity contribution is 7.96. The summed E-state index contributed by atoms with van der Waals surface area (Å²) < 4.78 is 0. The molecule has 0 aliphatic rings. The zero-order valence-electron chi connectivity index (χ0n) is 8.80. The summed E-state index contributed by atoms with van der Waals surface area (Å²) in [5.74, 6) is 0. The maximum Gasteiger partial charge on any atom is 0.235 e. The van der Waals surface area contributed by atoms with E-state index in [4.69, 9.17) is 0 Å². The monoisotopic (exact) mass is 235 g/mol. The van der Waals surface area contributed by atoms with Crippen LogP contribution in [0.25, 0.3) is 0 Å². The lowest BCUT2D eigenvalue weighted by Gasteiger charge is -2.09. The number of aliphatic imine (C=N–C) groups is 1. The molecule has 0 bridgehead atoms. The number of thiol groups is 1. The fraction of sp³-hybridized carbons (Fsp3) is 0.333. The first-order chi connectivity index (χ1) is 7.72. The van der Waals surface area contributed by atoms with Crippen LogP contribution in [0.15, 0.2) is 35.3 Å². The first kappa shape index (κ1) is 12.7. The van der Waals surface area contributed by atoms with E-state index in [9.17, 15) is 9.59 Å². The second kappa shape index (κ2) is 6.99. The van der Waals surface area contributed by atoms with Gasteiger partial charge in [-0.1, -0.05) is 30.3 Å². The van der Waals surface area contributed by atoms with E-state index in [1.165, 1.54) is 0 Å². The van der Waals surface area contributed by atoms with Crippen LogP contribution in [0.2, 0.25) is 0 Å². The van der Waals surface area contributed by atoms with Gasteiger partial charge in [0, 0.05) is 6.42 Å². The number of hydrogen-bond acceptors (Lipinski definition) is 3. The Morgan fingerprint density at radius 3 is 2.62 bits per heavy atom. The molecule has 1 aromatic rings. The average Bonchev–Trinajstić information content (AvgIpc) is 2.27. The predicted molar refractivity (Wildman–Crippen MR) is 65.3 cm³/mol. The highest BCUT2D eigenvalue weighted by Crippen LogP contribution is 2.11. The van der Waals surface area contributed by atoms with Crippen LogP contribution in [0.1, 0.15) is 18.4 Å². The van der Waals surface area contributed by atoms with Gasteiger partial charge in [0.05, 0.1) is 6.04 Å². The minimum atomic E-state index is -0.184. The zero-order valence-corrected chi connectivity index (χ0v) is 9.69. The molecule has 1 aromatic carbocycles. The second-order valence-corrected chi connectivity index (χ2v) is 4.00. The van der Waals surface area contributed by atoms with Crippen molar-refractivity contribution in [2.75, 3.05) is 0 Å². The Bertz CT molecular complexity index is 385. The second-order valence-electron chi connectivity index (χ2n) is 3.50. The van der Waals surface area contributed by atoms with Gasteiger partial charge in [0.15, 0.2) is 5.12 Å². The van der Waals surface area contributed by atoms with E-state index in [-0.39, 0.29) is 11.2 Å². The van der Waals surface area contributed by atoms with Gasteiger partial charge < -0.3 is 0 Å². The van der Waals surface area contributed by atoms with Crippen molar-refractivity contribution in [1.29, 1.82) is 0 Å². The molecule has 0 N–H and O–H groups in total. The quantitative estimate of drug-likeness (QED) is 0.466. The molecular formula is C12H13NO2S. The van der Waals surface area contributed by atoms with Crippen LogP contribution in [-0.2, 0) is 16.0 Å². The molecule has 84 valence electrons. The molecule has 0 aromatic heterocycles. The number of rotatable bonds is 6. The molecule has 4 heteroatoms. The number of carbonyl (C=O) groups excluding carboxylic acids is 2. The lowest BCUT2D eigenvalue weighted by Crippen LogP contribution is -2.09. The van der Waals surface area contributed by atoms with Crippen molar-refractivity contribution in [1.82, 2.24) is 0 Å². The van der Waals surface area contributed by atoms with Crippen LogP contribution in [0.4, 0.5) is 0 Å². The van der Waals surface area contributed by atoms with Gasteiger partial charge in [-0.15, -0.1) is 12.6 Å². The van der Waals surface area contributed by atoms with Crippen LogP contribution in [-0.4, -0.2) is 17.2 Å². The van der Waals surface area contributed by atoms with Crippen LogP contribution >= 0.6 is 12.6 Å². The third kappa shape index (κ3) is 4.91. The molecule has 0 saturated carbocycles. The molecule has 0 radical (unpaired) electrons. The van der Waals surface area contributed by atoms with Crippen LogP contribution < -0.4 is 0 Å². The molecule has 0 aliphatic carbocycles. The van der Waals surface area contributed by atoms with Crippen molar-refractivity contribution in [2.45, 2.75) is 25.3 Å². The predicted octanol–water partition coefficient (Wildman–Crippen LogP) is 2.17. The molecule has 1 atom stereocenters. The van der Waals surface area contributed by atoms with Crippen LogP contribution in [0, 0.1) is 0 Å². The van der Waals surface area contributed by atoms with Gasteiger partial charge in [-0.2, -0.15) is 0 Å². The van der Waals surface area contributed by atoms with E-state index in [1.54, 1.807) is 6.08 Å². The van der Waals surface area contributed by atoms with Crippen molar-refractivity contribution in [2.24, 2.45) is 4.99 Å². The van der Waals surface area contributed by atoms with E-state index >= 15 is 0 Å². The van der Waals surface area contributed by atoms with Crippen molar-refractivity contribution in [3.63, 3.8) is 0 Å². The Morgan fingerprint density at radius 2 is 2.06 bits per heavy atom. The highest BCUT2D eigenvalue weighted by atomic mass is 32.1. The summed E-state index contributed by atoms with van der Waals surface area (Å²) in [6.07, 6.45) is 3.06. The molecule has 0 saturated heterocycles. The lowest BCUT2D eigenvalue weighted by molar-refractivity contribution is -0.110. The molecule has 0 spiro atoms. The Labute approximate surface area is 100.0 Å². The highest BCUT2D eigenvalue weighted by Gasteiger charge is 2.09. The summed E-state index contributed by atoms with van der Waals surface area (Å²) in [5.41, 5.74) is 1.10. The molecule has 16 heavy (non-hydrogen) atoms. The lowest BCUT2D eigenvalue weighted by atomic mass is 10.0. The minimum absolute atomic E-state index is 0.181. The van der Waals surface area contributed by atoms with Crippen molar-refractivity contribution in [3.8, 4) is 0 Å². The molecule has 0 amide bonds. The molecular weight excluding hydrogens is 222 g/mol. The summed E-state index contributed by atoms with van der Waals surface area (Å²) in [6.45, 7) is 0. The van der Waals surface area contributed by atoms with Crippen molar-refractivity contribution < 1.29 is 9.59 Å². The number of hydrogen-bond donors (Lipinski definition) is 1. The molecule has 3 nitrogen and oxygen atoms in total. The van der Waals surface area contributed by atoms with Crippen LogP contribution in [0.3, 0.4) is 0 Å². The first-order valence-electron chi connectivity index (χ1n) is 5.05. The maximum absolute atomic E-state index is 10.7. The summed E-state index contributed by atoms with van der Waals surface area (Å²) in [6, 6.07) is 9.54. The maximum atomic E-state index is 10.7.